The van der Waals surface area contributed by atoms with E-state index in [0.29, 0.717) is 19.7 Å². The van der Waals surface area contributed by atoms with E-state index in [1.807, 2.05) is 18.2 Å². The molecule has 0 aliphatic carbocycles. The number of carboxylic acids is 1. The number of carbonyl (C=O) groups is 1. The zero-order valence-electron chi connectivity index (χ0n) is 10.6. The maximum Gasteiger partial charge on any atom is 0.334 e. The zero-order chi connectivity index (χ0) is 13.8. The van der Waals surface area contributed by atoms with Gasteiger partial charge in [-0.05, 0) is 33.6 Å². The Bertz CT molecular complexity index is 466. The lowest BCUT2D eigenvalue weighted by Gasteiger charge is -2.30. The van der Waals surface area contributed by atoms with Crippen molar-refractivity contribution in [3.63, 3.8) is 0 Å². The van der Waals surface area contributed by atoms with Crippen LogP contribution in [-0.4, -0.2) is 48.9 Å². The molecule has 0 saturated carbocycles. The molecule has 5 nitrogen and oxygen atoms in total. The third-order valence-corrected chi connectivity index (χ3v) is 3.67. The SMILES string of the molecule is COc1ccc(CN2CCOC(C(=O)O)C2)cc1Br. The lowest BCUT2D eigenvalue weighted by Crippen LogP contribution is -2.45. The monoisotopic (exact) mass is 329 g/mol. The average Bonchev–Trinajstić information content (AvgIpc) is 2.39. The molecule has 19 heavy (non-hydrogen) atoms. The van der Waals surface area contributed by atoms with Crippen molar-refractivity contribution in [3.8, 4) is 5.75 Å². The van der Waals surface area contributed by atoms with Crippen molar-refractivity contribution >= 4 is 21.9 Å². The fourth-order valence-electron chi connectivity index (χ4n) is 2.06. The van der Waals surface area contributed by atoms with Gasteiger partial charge in [-0.3, -0.25) is 4.90 Å². The fourth-order valence-corrected chi connectivity index (χ4v) is 2.65. The Kier molecular flexibility index (Phi) is 4.79. The molecule has 1 aromatic rings. The summed E-state index contributed by atoms with van der Waals surface area (Å²) in [4.78, 5) is 13.0. The first-order valence-electron chi connectivity index (χ1n) is 5.99. The van der Waals surface area contributed by atoms with Crippen LogP contribution in [0, 0.1) is 0 Å². The van der Waals surface area contributed by atoms with Crippen LogP contribution in [-0.2, 0) is 16.1 Å². The summed E-state index contributed by atoms with van der Waals surface area (Å²) >= 11 is 3.44. The van der Waals surface area contributed by atoms with Crippen LogP contribution >= 0.6 is 15.9 Å². The van der Waals surface area contributed by atoms with Gasteiger partial charge in [0.15, 0.2) is 6.10 Å². The molecule has 0 amide bonds. The number of aliphatic carboxylic acids is 1. The minimum absolute atomic E-state index is 0.416. The maximum atomic E-state index is 10.9. The Balaban J connectivity index is 2.00. The van der Waals surface area contributed by atoms with Crippen molar-refractivity contribution in [1.82, 2.24) is 4.90 Å². The van der Waals surface area contributed by atoms with Gasteiger partial charge in [-0.1, -0.05) is 6.07 Å². The van der Waals surface area contributed by atoms with Gasteiger partial charge in [0, 0.05) is 19.6 Å². The summed E-state index contributed by atoms with van der Waals surface area (Å²) in [6, 6.07) is 5.87. The molecule has 0 aromatic heterocycles. The first-order valence-corrected chi connectivity index (χ1v) is 6.78. The van der Waals surface area contributed by atoms with Gasteiger partial charge in [-0.25, -0.2) is 4.79 Å². The Morgan fingerprint density at radius 1 is 1.63 bits per heavy atom. The highest BCUT2D eigenvalue weighted by Gasteiger charge is 2.26. The number of hydrogen-bond acceptors (Lipinski definition) is 4. The largest absolute Gasteiger partial charge is 0.496 e. The van der Waals surface area contributed by atoms with Gasteiger partial charge in [-0.15, -0.1) is 0 Å². The minimum atomic E-state index is -0.902. The third-order valence-electron chi connectivity index (χ3n) is 3.05. The van der Waals surface area contributed by atoms with Crippen LogP contribution in [0.15, 0.2) is 22.7 Å². The van der Waals surface area contributed by atoms with Gasteiger partial charge < -0.3 is 14.6 Å². The lowest BCUT2D eigenvalue weighted by molar-refractivity contribution is -0.156. The van der Waals surface area contributed by atoms with Gasteiger partial charge in [0.25, 0.3) is 0 Å². The smallest absolute Gasteiger partial charge is 0.334 e. The van der Waals surface area contributed by atoms with Crippen molar-refractivity contribution < 1.29 is 19.4 Å². The van der Waals surface area contributed by atoms with Crippen LogP contribution in [0.5, 0.6) is 5.75 Å². The second-order valence-corrected chi connectivity index (χ2v) is 5.26. The molecule has 0 radical (unpaired) electrons. The predicted octanol–water partition coefficient (Wildman–Crippen LogP) is 1.74. The van der Waals surface area contributed by atoms with Crippen molar-refractivity contribution in [2.75, 3.05) is 26.8 Å². The summed E-state index contributed by atoms with van der Waals surface area (Å²) in [5, 5.41) is 8.96. The number of morpholine rings is 1. The number of rotatable bonds is 4. The molecule has 1 N–H and O–H groups in total. The van der Waals surface area contributed by atoms with Gasteiger partial charge >= 0.3 is 5.97 Å². The topological polar surface area (TPSA) is 59.0 Å². The van der Waals surface area contributed by atoms with E-state index in [-0.39, 0.29) is 0 Å². The first-order chi connectivity index (χ1) is 9.10. The average molecular weight is 330 g/mol. The lowest BCUT2D eigenvalue weighted by atomic mass is 10.2. The molecule has 1 aliphatic rings. The molecule has 1 saturated heterocycles. The first kappa shape index (κ1) is 14.3. The summed E-state index contributed by atoms with van der Waals surface area (Å²) < 4.78 is 11.3. The Hall–Kier alpha value is -1.11. The maximum absolute atomic E-state index is 10.9. The van der Waals surface area contributed by atoms with E-state index >= 15 is 0 Å². The minimum Gasteiger partial charge on any atom is -0.496 e. The summed E-state index contributed by atoms with van der Waals surface area (Å²) in [5.74, 6) is -0.116. The van der Waals surface area contributed by atoms with E-state index in [1.54, 1.807) is 7.11 Å². The van der Waals surface area contributed by atoms with Gasteiger partial charge in [0.2, 0.25) is 0 Å². The summed E-state index contributed by atoms with van der Waals surface area (Å²) in [7, 11) is 1.62. The molecule has 1 atom stereocenters. The number of carboxylic acid groups (broad SMARTS) is 1. The molecule has 104 valence electrons. The van der Waals surface area contributed by atoms with Crippen LogP contribution in [0.4, 0.5) is 0 Å². The summed E-state index contributed by atoms with van der Waals surface area (Å²) in [5.41, 5.74) is 1.11. The molecule has 0 spiro atoms. The van der Waals surface area contributed by atoms with Gasteiger partial charge in [0.05, 0.1) is 18.2 Å². The quantitative estimate of drug-likeness (QED) is 0.911. The molecular weight excluding hydrogens is 314 g/mol. The Labute approximate surface area is 120 Å². The standard InChI is InChI=1S/C13H16BrNO4/c1-18-11-3-2-9(6-10(11)14)7-15-4-5-19-12(8-15)13(16)17/h2-3,6,12H,4-5,7-8H2,1H3,(H,16,17). The van der Waals surface area contributed by atoms with Crippen molar-refractivity contribution in [2.45, 2.75) is 12.6 Å². The van der Waals surface area contributed by atoms with E-state index in [9.17, 15) is 4.79 Å². The van der Waals surface area contributed by atoms with Gasteiger partial charge in [0.1, 0.15) is 5.75 Å². The number of methoxy groups -OCH3 is 1. The molecule has 1 fully saturated rings. The van der Waals surface area contributed by atoms with Gasteiger partial charge in [-0.2, -0.15) is 0 Å². The van der Waals surface area contributed by atoms with E-state index in [2.05, 4.69) is 20.8 Å². The molecule has 1 unspecified atom stereocenters. The predicted molar refractivity (Wildman–Crippen MR) is 73.3 cm³/mol. The summed E-state index contributed by atoms with van der Waals surface area (Å²) in [6.07, 6.45) is -0.726. The van der Waals surface area contributed by atoms with Crippen molar-refractivity contribution in [3.05, 3.63) is 28.2 Å². The zero-order valence-corrected chi connectivity index (χ0v) is 12.2. The highest BCUT2D eigenvalue weighted by Crippen LogP contribution is 2.26. The number of benzene rings is 1. The number of ether oxygens (including phenoxy) is 2. The molecule has 2 rings (SSSR count). The van der Waals surface area contributed by atoms with Crippen LogP contribution in [0.25, 0.3) is 0 Å². The van der Waals surface area contributed by atoms with Crippen LogP contribution in [0.1, 0.15) is 5.56 Å². The number of nitrogens with zero attached hydrogens (tertiary/aromatic N) is 1. The fraction of sp³-hybridized carbons (Fsp3) is 0.462. The van der Waals surface area contributed by atoms with E-state index in [1.165, 1.54) is 0 Å². The van der Waals surface area contributed by atoms with Crippen LogP contribution < -0.4 is 4.74 Å². The molecule has 1 aromatic carbocycles. The normalized spacial score (nSPS) is 20.2. The number of hydrogen-bond donors (Lipinski definition) is 1. The Morgan fingerprint density at radius 3 is 3.05 bits per heavy atom. The van der Waals surface area contributed by atoms with E-state index < -0.39 is 12.1 Å². The summed E-state index contributed by atoms with van der Waals surface area (Å²) in [6.45, 7) is 2.32. The highest BCUT2D eigenvalue weighted by molar-refractivity contribution is 9.10. The molecule has 1 aliphatic heterocycles. The van der Waals surface area contributed by atoms with Crippen LogP contribution in [0.2, 0.25) is 0 Å². The van der Waals surface area contributed by atoms with Crippen molar-refractivity contribution in [2.24, 2.45) is 0 Å². The molecule has 0 bridgehead atoms. The third kappa shape index (κ3) is 3.68. The second kappa shape index (κ2) is 6.36. The molecule has 1 heterocycles. The molecular formula is C13H16BrNO4. The number of halogens is 1. The van der Waals surface area contributed by atoms with Crippen LogP contribution in [0.3, 0.4) is 0 Å². The van der Waals surface area contributed by atoms with E-state index in [4.69, 9.17) is 14.6 Å². The molecule has 6 heteroatoms. The van der Waals surface area contributed by atoms with Crippen molar-refractivity contribution in [1.29, 1.82) is 0 Å². The van der Waals surface area contributed by atoms with E-state index in [0.717, 1.165) is 22.3 Å². The second-order valence-electron chi connectivity index (χ2n) is 4.40. The highest BCUT2D eigenvalue weighted by atomic mass is 79.9. The Morgan fingerprint density at radius 2 is 2.42 bits per heavy atom.